The molecule has 1 aliphatic heterocycles. The summed E-state index contributed by atoms with van der Waals surface area (Å²) in [5.74, 6) is 0.553. The van der Waals surface area contributed by atoms with Crippen LogP contribution in [0.4, 0.5) is 13.2 Å². The first-order valence-corrected chi connectivity index (χ1v) is 6.07. The van der Waals surface area contributed by atoms with Gasteiger partial charge in [-0.25, -0.2) is 9.97 Å². The predicted octanol–water partition coefficient (Wildman–Crippen LogP) is 2.35. The topological polar surface area (TPSA) is 37.8 Å². The zero-order chi connectivity index (χ0) is 13.2. The molecule has 0 radical (unpaired) electrons. The number of halogens is 3. The van der Waals surface area contributed by atoms with Crippen LogP contribution >= 0.6 is 0 Å². The van der Waals surface area contributed by atoms with Gasteiger partial charge in [0.25, 0.3) is 0 Å². The second-order valence-electron chi connectivity index (χ2n) is 4.71. The molecule has 0 saturated carbocycles. The minimum Gasteiger partial charge on any atom is -0.316 e. The Morgan fingerprint density at radius 2 is 2.17 bits per heavy atom. The van der Waals surface area contributed by atoms with Crippen LogP contribution in [0.3, 0.4) is 0 Å². The maximum absolute atomic E-state index is 12.6. The molecule has 0 aliphatic carbocycles. The Kier molecular flexibility index (Phi) is 3.85. The average Bonchev–Trinajstić information content (AvgIpc) is 2.28. The molecule has 0 bridgehead atoms. The Morgan fingerprint density at radius 3 is 2.78 bits per heavy atom. The number of rotatable bonds is 2. The summed E-state index contributed by atoms with van der Waals surface area (Å²) < 4.78 is 37.9. The van der Waals surface area contributed by atoms with E-state index in [1.54, 1.807) is 0 Å². The fraction of sp³-hybridized carbons (Fsp3) is 0.667. The number of piperidine rings is 1. The summed E-state index contributed by atoms with van der Waals surface area (Å²) in [6.45, 7) is 3.34. The highest BCUT2D eigenvalue weighted by molar-refractivity contribution is 5.14. The van der Waals surface area contributed by atoms with Crippen molar-refractivity contribution in [3.63, 3.8) is 0 Å². The van der Waals surface area contributed by atoms with E-state index in [0.717, 1.165) is 32.0 Å². The van der Waals surface area contributed by atoms with E-state index >= 15 is 0 Å². The molecule has 0 amide bonds. The van der Waals surface area contributed by atoms with E-state index in [-0.39, 0.29) is 5.82 Å². The third-order valence-electron chi connectivity index (χ3n) is 3.08. The summed E-state index contributed by atoms with van der Waals surface area (Å²) in [5, 5.41) is 3.25. The van der Waals surface area contributed by atoms with Gasteiger partial charge >= 0.3 is 6.18 Å². The number of hydrogen-bond acceptors (Lipinski definition) is 3. The second kappa shape index (κ2) is 5.22. The van der Waals surface area contributed by atoms with Crippen molar-refractivity contribution in [1.82, 2.24) is 15.3 Å². The molecule has 0 aromatic carbocycles. The molecule has 100 valence electrons. The van der Waals surface area contributed by atoms with E-state index in [1.165, 1.54) is 6.92 Å². The lowest BCUT2D eigenvalue weighted by Gasteiger charge is -2.22. The monoisotopic (exact) mass is 259 g/mol. The standard InChI is InChI=1S/C12H16F3N3/c1-8-17-10(5-9-3-2-4-16-7-9)6-11(18-8)12(13,14)15/h6,9,16H,2-5,7H2,1H3. The molecule has 0 spiro atoms. The summed E-state index contributed by atoms with van der Waals surface area (Å²) in [6, 6.07) is 1.07. The highest BCUT2D eigenvalue weighted by atomic mass is 19.4. The largest absolute Gasteiger partial charge is 0.433 e. The van der Waals surface area contributed by atoms with Crippen molar-refractivity contribution in [2.75, 3.05) is 13.1 Å². The van der Waals surface area contributed by atoms with Crippen molar-refractivity contribution in [1.29, 1.82) is 0 Å². The summed E-state index contributed by atoms with van der Waals surface area (Å²) in [7, 11) is 0. The van der Waals surface area contributed by atoms with Crippen LogP contribution in [0.5, 0.6) is 0 Å². The van der Waals surface area contributed by atoms with Crippen molar-refractivity contribution in [3.05, 3.63) is 23.3 Å². The summed E-state index contributed by atoms with van der Waals surface area (Å²) in [6.07, 6.45) is -1.70. The third-order valence-corrected chi connectivity index (χ3v) is 3.08. The molecule has 1 atom stereocenters. The number of aromatic nitrogens is 2. The smallest absolute Gasteiger partial charge is 0.316 e. The molecule has 18 heavy (non-hydrogen) atoms. The molecule has 1 unspecified atom stereocenters. The molecule has 1 saturated heterocycles. The van der Waals surface area contributed by atoms with Crippen LogP contribution < -0.4 is 5.32 Å². The second-order valence-corrected chi connectivity index (χ2v) is 4.71. The van der Waals surface area contributed by atoms with Gasteiger partial charge in [-0.2, -0.15) is 13.2 Å². The van der Waals surface area contributed by atoms with Gasteiger partial charge in [0.05, 0.1) is 0 Å². The van der Waals surface area contributed by atoms with E-state index in [9.17, 15) is 13.2 Å². The molecule has 1 aliphatic rings. The molecular formula is C12H16F3N3. The minimum atomic E-state index is -4.40. The Labute approximate surface area is 104 Å². The Morgan fingerprint density at radius 1 is 1.39 bits per heavy atom. The third kappa shape index (κ3) is 3.41. The van der Waals surface area contributed by atoms with E-state index in [1.807, 2.05) is 0 Å². The molecule has 1 N–H and O–H groups in total. The summed E-state index contributed by atoms with van der Waals surface area (Å²) >= 11 is 0. The zero-order valence-electron chi connectivity index (χ0n) is 10.2. The van der Waals surface area contributed by atoms with Gasteiger partial charge in [-0.3, -0.25) is 0 Å². The van der Waals surface area contributed by atoms with Gasteiger partial charge < -0.3 is 5.32 Å². The van der Waals surface area contributed by atoms with Crippen LogP contribution in [0.15, 0.2) is 6.07 Å². The zero-order valence-corrected chi connectivity index (χ0v) is 10.2. The lowest BCUT2D eigenvalue weighted by molar-refractivity contribution is -0.141. The lowest BCUT2D eigenvalue weighted by atomic mass is 9.94. The number of nitrogens with one attached hydrogen (secondary N) is 1. The van der Waals surface area contributed by atoms with E-state index < -0.39 is 11.9 Å². The number of hydrogen-bond donors (Lipinski definition) is 1. The van der Waals surface area contributed by atoms with E-state index in [4.69, 9.17) is 0 Å². The first kappa shape index (κ1) is 13.3. The molecule has 6 heteroatoms. The van der Waals surface area contributed by atoms with Crippen molar-refractivity contribution < 1.29 is 13.2 Å². The first-order valence-electron chi connectivity index (χ1n) is 6.07. The van der Waals surface area contributed by atoms with Gasteiger partial charge in [-0.1, -0.05) is 0 Å². The molecule has 3 nitrogen and oxygen atoms in total. The van der Waals surface area contributed by atoms with Crippen molar-refractivity contribution >= 4 is 0 Å². The van der Waals surface area contributed by atoms with Gasteiger partial charge in [-0.15, -0.1) is 0 Å². The SMILES string of the molecule is Cc1nc(CC2CCCNC2)cc(C(F)(F)F)n1. The van der Waals surface area contributed by atoms with E-state index in [2.05, 4.69) is 15.3 Å². The van der Waals surface area contributed by atoms with Crippen LogP contribution in [0.2, 0.25) is 0 Å². The highest BCUT2D eigenvalue weighted by Gasteiger charge is 2.33. The first-order chi connectivity index (χ1) is 8.45. The summed E-state index contributed by atoms with van der Waals surface area (Å²) in [4.78, 5) is 7.55. The molecule has 2 heterocycles. The van der Waals surface area contributed by atoms with E-state index in [0.29, 0.717) is 18.0 Å². The number of nitrogens with zero attached hydrogens (tertiary/aromatic N) is 2. The molecule has 1 fully saturated rings. The minimum absolute atomic E-state index is 0.184. The molecular weight excluding hydrogens is 243 g/mol. The fourth-order valence-corrected chi connectivity index (χ4v) is 2.27. The van der Waals surface area contributed by atoms with Crippen LogP contribution in [-0.2, 0) is 12.6 Å². The van der Waals surface area contributed by atoms with Gasteiger partial charge in [0, 0.05) is 5.69 Å². The Hall–Kier alpha value is -1.17. The maximum Gasteiger partial charge on any atom is 0.433 e. The van der Waals surface area contributed by atoms with Crippen LogP contribution in [0.1, 0.15) is 30.1 Å². The fourth-order valence-electron chi connectivity index (χ4n) is 2.27. The van der Waals surface area contributed by atoms with Crippen molar-refractivity contribution in [3.8, 4) is 0 Å². The maximum atomic E-state index is 12.6. The van der Waals surface area contributed by atoms with Gasteiger partial charge in [0.1, 0.15) is 11.5 Å². The molecule has 1 aromatic heterocycles. The number of aryl methyl sites for hydroxylation is 1. The Balaban J connectivity index is 2.14. The lowest BCUT2D eigenvalue weighted by Crippen LogP contribution is -2.31. The quantitative estimate of drug-likeness (QED) is 0.886. The average molecular weight is 259 g/mol. The predicted molar refractivity (Wildman–Crippen MR) is 61.1 cm³/mol. The Bertz CT molecular complexity index is 412. The summed E-state index contributed by atoms with van der Waals surface area (Å²) in [5.41, 5.74) is -0.350. The number of alkyl halides is 3. The van der Waals surface area contributed by atoms with Crippen molar-refractivity contribution in [2.24, 2.45) is 5.92 Å². The highest BCUT2D eigenvalue weighted by Crippen LogP contribution is 2.28. The van der Waals surface area contributed by atoms with Crippen molar-refractivity contribution in [2.45, 2.75) is 32.4 Å². The van der Waals surface area contributed by atoms with Gasteiger partial charge in [-0.05, 0) is 51.3 Å². The van der Waals surface area contributed by atoms with Gasteiger partial charge in [0.2, 0.25) is 0 Å². The van der Waals surface area contributed by atoms with Crippen LogP contribution in [0, 0.1) is 12.8 Å². The normalized spacial score (nSPS) is 21.0. The molecule has 2 rings (SSSR count). The molecule has 1 aromatic rings. The van der Waals surface area contributed by atoms with Gasteiger partial charge in [0.15, 0.2) is 0 Å². The van der Waals surface area contributed by atoms with Crippen LogP contribution in [0.25, 0.3) is 0 Å². The van der Waals surface area contributed by atoms with Crippen LogP contribution in [-0.4, -0.2) is 23.1 Å².